The van der Waals surface area contributed by atoms with E-state index in [-0.39, 0.29) is 16.6 Å². The summed E-state index contributed by atoms with van der Waals surface area (Å²) < 4.78 is 56.3. The molecule has 30 heavy (non-hydrogen) atoms. The van der Waals surface area contributed by atoms with Crippen molar-refractivity contribution in [3.8, 4) is 5.75 Å². The first-order valence-electron chi connectivity index (χ1n) is 9.63. The van der Waals surface area contributed by atoms with E-state index in [1.807, 2.05) is 0 Å². The van der Waals surface area contributed by atoms with Gasteiger partial charge in [0, 0.05) is 11.1 Å². The second-order valence-corrected chi connectivity index (χ2v) is 11.5. The zero-order valence-electron chi connectivity index (χ0n) is 16.7. The van der Waals surface area contributed by atoms with Crippen LogP contribution < -0.4 is 9.44 Å². The zero-order valence-corrected chi connectivity index (χ0v) is 19.1. The van der Waals surface area contributed by atoms with Crippen LogP contribution in [-0.2, 0) is 20.0 Å². The third-order valence-corrected chi connectivity index (χ3v) is 8.70. The number of halogens is 1. The van der Waals surface area contributed by atoms with E-state index in [0.717, 1.165) is 31.0 Å². The first-order chi connectivity index (χ1) is 14.0. The molecule has 0 bridgehead atoms. The molecule has 7 nitrogen and oxygen atoms in total. The molecule has 2 aromatic carbocycles. The van der Waals surface area contributed by atoms with Gasteiger partial charge < -0.3 is 5.11 Å². The van der Waals surface area contributed by atoms with E-state index >= 15 is 0 Å². The lowest BCUT2D eigenvalue weighted by atomic mass is 9.88. The van der Waals surface area contributed by atoms with E-state index < -0.39 is 30.7 Å². The number of hydrogen-bond donors (Lipinski definition) is 3. The highest BCUT2D eigenvalue weighted by Crippen LogP contribution is 2.30. The van der Waals surface area contributed by atoms with Crippen molar-refractivity contribution in [2.75, 3.05) is 4.72 Å². The minimum atomic E-state index is -4.10. The Morgan fingerprint density at radius 1 is 1.00 bits per heavy atom. The molecule has 2 aromatic rings. The number of anilines is 1. The fraction of sp³-hybridized carbons (Fsp3) is 0.400. The lowest BCUT2D eigenvalue weighted by Gasteiger charge is -2.26. The van der Waals surface area contributed by atoms with Crippen LogP contribution in [-0.4, -0.2) is 28.0 Å². The van der Waals surface area contributed by atoms with Crippen molar-refractivity contribution < 1.29 is 21.9 Å². The highest BCUT2D eigenvalue weighted by molar-refractivity contribution is 7.93. The molecule has 10 heteroatoms. The normalized spacial score (nSPS) is 20.1. The predicted molar refractivity (Wildman–Crippen MR) is 117 cm³/mol. The monoisotopic (exact) mass is 472 g/mol. The summed E-state index contributed by atoms with van der Waals surface area (Å²) in [6.07, 6.45) is 3.23. The molecule has 3 rings (SSSR count). The van der Waals surface area contributed by atoms with Crippen LogP contribution in [0, 0.1) is 12.8 Å². The van der Waals surface area contributed by atoms with E-state index in [0.29, 0.717) is 29.3 Å². The van der Waals surface area contributed by atoms with E-state index in [4.69, 9.17) is 11.6 Å². The molecule has 0 spiro atoms. The van der Waals surface area contributed by atoms with Crippen LogP contribution in [0.2, 0.25) is 5.02 Å². The zero-order chi connectivity index (χ0) is 22.1. The van der Waals surface area contributed by atoms with Gasteiger partial charge in [0.2, 0.25) is 10.0 Å². The lowest BCUT2D eigenvalue weighted by molar-refractivity contribution is 0.331. The van der Waals surface area contributed by atoms with Gasteiger partial charge >= 0.3 is 0 Å². The highest BCUT2D eigenvalue weighted by atomic mass is 35.5. The fourth-order valence-electron chi connectivity index (χ4n) is 3.46. The minimum Gasteiger partial charge on any atom is -0.507 e. The molecule has 1 saturated carbocycles. The largest absolute Gasteiger partial charge is 0.507 e. The Bertz CT molecular complexity index is 1140. The molecule has 0 unspecified atom stereocenters. The number of rotatable bonds is 6. The van der Waals surface area contributed by atoms with Crippen LogP contribution in [0.4, 0.5) is 5.69 Å². The number of benzene rings is 2. The smallest absolute Gasteiger partial charge is 0.261 e. The Balaban J connectivity index is 1.89. The molecule has 0 aromatic heterocycles. The fourth-order valence-corrected chi connectivity index (χ4v) is 6.28. The summed E-state index contributed by atoms with van der Waals surface area (Å²) >= 11 is 6.04. The van der Waals surface area contributed by atoms with Gasteiger partial charge in [-0.2, -0.15) is 0 Å². The number of nitrogens with one attached hydrogen (secondary N) is 2. The quantitative estimate of drug-likeness (QED) is 0.587. The Morgan fingerprint density at radius 2 is 1.67 bits per heavy atom. The molecule has 1 aliphatic rings. The van der Waals surface area contributed by atoms with Gasteiger partial charge in [-0.05, 0) is 74.4 Å². The van der Waals surface area contributed by atoms with E-state index in [1.54, 1.807) is 25.1 Å². The summed E-state index contributed by atoms with van der Waals surface area (Å²) in [7, 11) is -8.20. The molecule has 1 aliphatic carbocycles. The number of sulfonamides is 2. The van der Waals surface area contributed by atoms with Crippen molar-refractivity contribution in [2.45, 2.75) is 55.4 Å². The van der Waals surface area contributed by atoms with Gasteiger partial charge in [-0.15, -0.1) is 0 Å². The maximum atomic E-state index is 12.8. The van der Waals surface area contributed by atoms with E-state index in [2.05, 4.69) is 16.4 Å². The van der Waals surface area contributed by atoms with E-state index in [9.17, 15) is 21.9 Å². The first-order valence-corrected chi connectivity index (χ1v) is 13.0. The van der Waals surface area contributed by atoms with Gasteiger partial charge in [0.15, 0.2) is 0 Å². The van der Waals surface area contributed by atoms with Gasteiger partial charge in [-0.25, -0.2) is 21.6 Å². The maximum Gasteiger partial charge on any atom is 0.261 e. The average Bonchev–Trinajstić information content (AvgIpc) is 2.67. The molecule has 0 saturated heterocycles. The highest BCUT2D eigenvalue weighted by Gasteiger charge is 2.28. The van der Waals surface area contributed by atoms with Gasteiger partial charge in [0.05, 0.1) is 10.6 Å². The average molecular weight is 473 g/mol. The topological polar surface area (TPSA) is 113 Å². The minimum absolute atomic E-state index is 0.238. The van der Waals surface area contributed by atoms with Crippen molar-refractivity contribution in [3.05, 3.63) is 47.0 Å². The molecule has 164 valence electrons. The van der Waals surface area contributed by atoms with Crippen LogP contribution in [0.25, 0.3) is 0 Å². The Kier molecular flexibility index (Phi) is 6.66. The first kappa shape index (κ1) is 22.9. The second kappa shape index (κ2) is 8.74. The second-order valence-electron chi connectivity index (χ2n) is 7.73. The third kappa shape index (κ3) is 5.08. The van der Waals surface area contributed by atoms with Crippen molar-refractivity contribution in [1.82, 2.24) is 4.72 Å². The van der Waals surface area contributed by atoms with E-state index in [1.165, 1.54) is 0 Å². The van der Waals surface area contributed by atoms with Crippen molar-refractivity contribution >= 4 is 37.3 Å². The summed E-state index contributed by atoms with van der Waals surface area (Å²) in [6.45, 7) is 3.79. The Labute approximate surface area is 182 Å². The summed E-state index contributed by atoms with van der Waals surface area (Å²) in [5, 5.41) is 10.5. The van der Waals surface area contributed by atoms with Crippen LogP contribution in [0.3, 0.4) is 0 Å². The molecule has 0 atom stereocenters. The Hall–Kier alpha value is -1.81. The van der Waals surface area contributed by atoms with Gasteiger partial charge in [0.25, 0.3) is 10.0 Å². The molecule has 0 aliphatic heterocycles. The summed E-state index contributed by atoms with van der Waals surface area (Å²) in [5.74, 6) is 0.0400. The molecule has 0 heterocycles. The predicted octanol–water partition coefficient (Wildman–Crippen LogP) is 4.01. The third-order valence-electron chi connectivity index (χ3n) is 5.38. The maximum absolute atomic E-state index is 12.8. The molecule has 0 amide bonds. The number of phenolic OH excluding ortho intramolecular Hbond substituents is 1. The van der Waals surface area contributed by atoms with Crippen LogP contribution in [0.1, 0.15) is 38.2 Å². The standard InChI is InChI=1S/C20H25ClN2O5S2/c1-13-6-8-15(9-7-13)22-30(27,28)20-12-16(10-11-19(20)24)29(25,26)23-18-5-3-4-17(21)14(18)2/h3-5,10-13,15,22-24H,6-9H2,1-2H3/t13-,15-. The van der Waals surface area contributed by atoms with Crippen LogP contribution in [0.5, 0.6) is 5.75 Å². The summed E-state index contributed by atoms with van der Waals surface area (Å²) in [6, 6.07) is 7.74. The SMILES string of the molecule is Cc1c(Cl)cccc1NS(=O)(=O)c1ccc(O)c(S(=O)(=O)N[C@H]2CC[C@H](C)CC2)c1. The summed E-state index contributed by atoms with van der Waals surface area (Å²) in [5.41, 5.74) is 0.831. The molecule has 0 radical (unpaired) electrons. The number of hydrogen-bond acceptors (Lipinski definition) is 5. The van der Waals surface area contributed by atoms with Crippen molar-refractivity contribution in [3.63, 3.8) is 0 Å². The Morgan fingerprint density at radius 3 is 2.33 bits per heavy atom. The molecule has 1 fully saturated rings. The van der Waals surface area contributed by atoms with Gasteiger partial charge in [-0.1, -0.05) is 24.6 Å². The lowest BCUT2D eigenvalue weighted by Crippen LogP contribution is -2.37. The number of aromatic hydroxyl groups is 1. The molecule has 3 N–H and O–H groups in total. The van der Waals surface area contributed by atoms with Gasteiger partial charge in [-0.3, -0.25) is 4.72 Å². The van der Waals surface area contributed by atoms with Crippen molar-refractivity contribution in [2.24, 2.45) is 5.92 Å². The summed E-state index contributed by atoms with van der Waals surface area (Å²) in [4.78, 5) is -0.746. The number of phenols is 1. The molecular formula is C20H25ClN2O5S2. The van der Waals surface area contributed by atoms with Crippen LogP contribution in [0.15, 0.2) is 46.2 Å². The van der Waals surface area contributed by atoms with Crippen LogP contribution >= 0.6 is 11.6 Å². The van der Waals surface area contributed by atoms with Gasteiger partial charge in [0.1, 0.15) is 10.6 Å². The molecular weight excluding hydrogens is 448 g/mol. The van der Waals surface area contributed by atoms with Crippen molar-refractivity contribution in [1.29, 1.82) is 0 Å².